The summed E-state index contributed by atoms with van der Waals surface area (Å²) in [7, 11) is 0. The predicted molar refractivity (Wildman–Crippen MR) is 128 cm³/mol. The van der Waals surface area contributed by atoms with Crippen LogP contribution in [0.25, 0.3) is 11.1 Å². The summed E-state index contributed by atoms with van der Waals surface area (Å²) in [6.07, 6.45) is 1.87. The number of halogens is 1. The zero-order chi connectivity index (χ0) is 24.9. The number of aliphatic hydroxyl groups is 1. The van der Waals surface area contributed by atoms with E-state index in [1.807, 2.05) is 32.0 Å². The Hall–Kier alpha value is -3.45. The highest BCUT2D eigenvalue weighted by molar-refractivity contribution is 5.77. The number of aromatic nitrogens is 1. The maximum absolute atomic E-state index is 14.6. The Balaban J connectivity index is 1.32. The number of aliphatic hydroxyl groups excluding tert-OH is 1. The molecule has 2 aromatic carbocycles. The summed E-state index contributed by atoms with van der Waals surface area (Å²) in [6.45, 7) is 5.87. The quantitative estimate of drug-likeness (QED) is 0.484. The molecule has 1 saturated carbocycles. The van der Waals surface area contributed by atoms with Gasteiger partial charge in [0.2, 0.25) is 5.88 Å². The van der Waals surface area contributed by atoms with Crippen molar-refractivity contribution in [3.63, 3.8) is 0 Å². The third kappa shape index (κ3) is 4.48. The van der Waals surface area contributed by atoms with Crippen LogP contribution in [0.3, 0.4) is 0 Å². The van der Waals surface area contributed by atoms with Crippen LogP contribution in [0.15, 0.2) is 42.6 Å². The molecule has 0 radical (unpaired) electrons. The van der Waals surface area contributed by atoms with Crippen LogP contribution >= 0.6 is 0 Å². The Bertz CT molecular complexity index is 1280. The number of aliphatic carboxylic acids is 1. The minimum Gasteiger partial charge on any atom is -0.491 e. The summed E-state index contributed by atoms with van der Waals surface area (Å²) in [5, 5.41) is 18.7. The number of fused-ring (bicyclic) bond motifs is 3. The third-order valence-electron chi connectivity index (χ3n) is 6.98. The van der Waals surface area contributed by atoms with E-state index in [4.69, 9.17) is 9.47 Å². The second-order valence-corrected chi connectivity index (χ2v) is 9.67. The topological polar surface area (TPSA) is 88.9 Å². The van der Waals surface area contributed by atoms with Gasteiger partial charge in [0, 0.05) is 23.7 Å². The minimum atomic E-state index is -0.742. The summed E-state index contributed by atoms with van der Waals surface area (Å²) in [6, 6.07) is 10.7. The number of benzene rings is 2. The largest absolute Gasteiger partial charge is 0.491 e. The van der Waals surface area contributed by atoms with Crippen LogP contribution in [-0.4, -0.2) is 33.9 Å². The summed E-state index contributed by atoms with van der Waals surface area (Å²) in [5.41, 5.74) is 6.34. The highest BCUT2D eigenvalue weighted by Crippen LogP contribution is 2.61. The Morgan fingerprint density at radius 2 is 1.91 bits per heavy atom. The molecular formula is C28H28FNO5. The first-order chi connectivity index (χ1) is 16.7. The molecule has 1 aromatic heterocycles. The van der Waals surface area contributed by atoms with E-state index in [9.17, 15) is 19.4 Å². The van der Waals surface area contributed by atoms with Gasteiger partial charge < -0.3 is 19.7 Å². The molecule has 2 N–H and O–H groups in total. The van der Waals surface area contributed by atoms with E-state index in [1.165, 1.54) is 6.07 Å². The number of pyridine rings is 1. The number of hydrogen-bond acceptors (Lipinski definition) is 5. The van der Waals surface area contributed by atoms with Crippen LogP contribution in [0.4, 0.5) is 4.39 Å². The van der Waals surface area contributed by atoms with Gasteiger partial charge >= 0.3 is 5.97 Å². The zero-order valence-electron chi connectivity index (χ0n) is 19.9. The number of ether oxygens (including phenoxy) is 2. The van der Waals surface area contributed by atoms with Crippen molar-refractivity contribution >= 4 is 5.97 Å². The molecule has 0 spiro atoms. The maximum atomic E-state index is 14.6. The van der Waals surface area contributed by atoms with Crippen molar-refractivity contribution in [3.05, 3.63) is 76.2 Å². The summed E-state index contributed by atoms with van der Waals surface area (Å²) in [5.74, 6) is -0.0726. The Morgan fingerprint density at radius 3 is 2.60 bits per heavy atom. The number of hydrogen-bond donors (Lipinski definition) is 2. The van der Waals surface area contributed by atoms with Crippen LogP contribution < -0.4 is 9.47 Å². The lowest BCUT2D eigenvalue weighted by molar-refractivity contribution is -0.139. The predicted octanol–water partition coefficient (Wildman–Crippen LogP) is 4.81. The molecule has 182 valence electrons. The smallest absolute Gasteiger partial charge is 0.307 e. The first kappa shape index (κ1) is 23.3. The monoisotopic (exact) mass is 477 g/mol. The molecule has 6 nitrogen and oxygen atoms in total. The first-order valence-corrected chi connectivity index (χ1v) is 11.8. The molecule has 5 rings (SSSR count). The second-order valence-electron chi connectivity index (χ2n) is 9.67. The lowest BCUT2D eigenvalue weighted by Crippen LogP contribution is -2.13. The Morgan fingerprint density at radius 1 is 1.17 bits per heavy atom. The van der Waals surface area contributed by atoms with Crippen LogP contribution in [0, 0.1) is 31.5 Å². The van der Waals surface area contributed by atoms with Gasteiger partial charge in [-0.25, -0.2) is 9.37 Å². The number of rotatable bonds is 8. The molecule has 3 aromatic rings. The van der Waals surface area contributed by atoms with E-state index in [1.54, 1.807) is 25.3 Å². The van der Waals surface area contributed by atoms with Crippen LogP contribution in [0.2, 0.25) is 0 Å². The van der Waals surface area contributed by atoms with Crippen molar-refractivity contribution in [3.8, 4) is 22.8 Å². The van der Waals surface area contributed by atoms with Crippen molar-refractivity contribution in [2.24, 2.45) is 11.8 Å². The minimum absolute atomic E-state index is 0.0315. The molecule has 0 bridgehead atoms. The van der Waals surface area contributed by atoms with Crippen molar-refractivity contribution in [2.45, 2.75) is 45.8 Å². The third-order valence-corrected chi connectivity index (χ3v) is 6.98. The molecule has 0 amide bonds. The van der Waals surface area contributed by atoms with Crippen molar-refractivity contribution < 1.29 is 28.9 Å². The van der Waals surface area contributed by atoms with Gasteiger partial charge in [-0.05, 0) is 90.8 Å². The van der Waals surface area contributed by atoms with Crippen molar-refractivity contribution in [2.75, 3.05) is 6.61 Å². The van der Waals surface area contributed by atoms with Crippen molar-refractivity contribution in [1.82, 2.24) is 4.98 Å². The number of aryl methyl sites for hydroxylation is 2. The van der Waals surface area contributed by atoms with Crippen LogP contribution in [0.5, 0.6) is 11.6 Å². The molecule has 2 aliphatic carbocycles. The van der Waals surface area contributed by atoms with E-state index >= 15 is 0 Å². The van der Waals surface area contributed by atoms with E-state index in [-0.39, 0.29) is 36.8 Å². The van der Waals surface area contributed by atoms with Crippen LogP contribution in [0.1, 0.15) is 40.7 Å². The van der Waals surface area contributed by atoms with E-state index < -0.39 is 12.1 Å². The summed E-state index contributed by atoms with van der Waals surface area (Å²) in [4.78, 5) is 15.6. The van der Waals surface area contributed by atoms with Crippen molar-refractivity contribution in [1.29, 1.82) is 0 Å². The van der Waals surface area contributed by atoms with Gasteiger partial charge in [-0.15, -0.1) is 0 Å². The first-order valence-electron chi connectivity index (χ1n) is 11.8. The van der Waals surface area contributed by atoms with Gasteiger partial charge in [-0.2, -0.15) is 0 Å². The summed E-state index contributed by atoms with van der Waals surface area (Å²) >= 11 is 0. The lowest BCUT2D eigenvalue weighted by atomic mass is 9.94. The number of nitrogens with zero attached hydrogens (tertiary/aromatic N) is 1. The van der Waals surface area contributed by atoms with Gasteiger partial charge in [-0.1, -0.05) is 6.07 Å². The summed E-state index contributed by atoms with van der Waals surface area (Å²) < 4.78 is 26.1. The van der Waals surface area contributed by atoms with E-state index in [0.717, 1.165) is 39.8 Å². The van der Waals surface area contributed by atoms with E-state index in [2.05, 4.69) is 4.98 Å². The van der Waals surface area contributed by atoms with E-state index in [0.29, 0.717) is 17.2 Å². The molecule has 1 fully saturated rings. The van der Waals surface area contributed by atoms with Crippen LogP contribution in [-0.2, 0) is 17.8 Å². The molecule has 0 saturated heterocycles. The molecule has 7 heteroatoms. The fourth-order valence-electron chi connectivity index (χ4n) is 5.36. The second kappa shape index (κ2) is 8.96. The number of carboxylic acids is 1. The molecule has 4 atom stereocenters. The zero-order valence-corrected chi connectivity index (χ0v) is 19.9. The molecule has 2 aliphatic rings. The number of carboxylic acid groups (broad SMARTS) is 1. The Labute approximate surface area is 203 Å². The Kier molecular flexibility index (Phi) is 5.97. The highest BCUT2D eigenvalue weighted by atomic mass is 19.1. The molecular weight excluding hydrogens is 449 g/mol. The molecule has 0 unspecified atom stereocenters. The molecule has 35 heavy (non-hydrogen) atoms. The maximum Gasteiger partial charge on any atom is 0.307 e. The van der Waals surface area contributed by atoms with Gasteiger partial charge in [0.05, 0.1) is 12.0 Å². The molecule has 0 aliphatic heterocycles. The average Bonchev–Trinajstić information content (AvgIpc) is 3.40. The number of carbonyl (C=O) groups is 1. The lowest BCUT2D eigenvalue weighted by Gasteiger charge is -2.16. The SMILES string of the molecule is Cc1cc(OC[C@H](C)O)cc(C)c1-c1ccc(F)c(COc2cc3c(cn2)[C@H]2[C@@H](C3)[C@@H]2C(=O)O)c1. The van der Waals surface area contributed by atoms with Gasteiger partial charge in [0.15, 0.2) is 0 Å². The highest BCUT2D eigenvalue weighted by Gasteiger charge is 2.59. The van der Waals surface area contributed by atoms with Gasteiger partial charge in [0.25, 0.3) is 0 Å². The van der Waals surface area contributed by atoms with Gasteiger partial charge in [-0.3, -0.25) is 4.79 Å². The molecule has 1 heterocycles. The average molecular weight is 478 g/mol. The fraction of sp³-hybridized carbons (Fsp3) is 0.357. The van der Waals surface area contributed by atoms with Gasteiger partial charge in [0.1, 0.15) is 24.8 Å². The standard InChI is InChI=1S/C28H28FNO5/c1-14-6-20(34-12-16(3)31)7-15(2)25(14)17-4-5-23(29)19(8-17)13-35-24-10-18-9-21-26(22(18)11-30-24)27(21)28(32)33/h4-8,10-11,16,21,26-27,31H,9,12-13H2,1-3H3,(H,32,33)/t16-,21+,26+,27-/m0/s1. The normalized spacial score (nSPS) is 20.7. The fourth-order valence-corrected chi connectivity index (χ4v) is 5.36.